The Morgan fingerprint density at radius 2 is 1.82 bits per heavy atom. The molecule has 6 heteroatoms. The van der Waals surface area contributed by atoms with E-state index < -0.39 is 5.91 Å². The van der Waals surface area contributed by atoms with Gasteiger partial charge in [0, 0.05) is 17.2 Å². The zero-order valence-electron chi connectivity index (χ0n) is 12.2. The Kier molecular flexibility index (Phi) is 4.63. The van der Waals surface area contributed by atoms with Crippen molar-refractivity contribution in [1.29, 1.82) is 0 Å². The van der Waals surface area contributed by atoms with Crippen molar-refractivity contribution >= 4 is 11.6 Å². The molecule has 0 aliphatic heterocycles. The Morgan fingerprint density at radius 1 is 1.14 bits per heavy atom. The highest BCUT2D eigenvalue weighted by Gasteiger charge is 2.08. The molecule has 0 unspecified atom stereocenters. The molecule has 2 aromatic carbocycles. The molecule has 22 heavy (non-hydrogen) atoms. The Labute approximate surface area is 127 Å². The highest BCUT2D eigenvalue weighted by molar-refractivity contribution is 6.02. The molecule has 3 N–H and O–H groups in total. The van der Waals surface area contributed by atoms with Crippen LogP contribution >= 0.6 is 0 Å². The van der Waals surface area contributed by atoms with Crippen LogP contribution < -0.4 is 10.2 Å². The standard InChI is InChI=1S/C16H16N2O4/c1-10(14-8-7-13(22-2)9-15(14)20)17-18-16(21)11-3-5-12(19)6-4-11/h3-9,19-20H,1-2H3,(H,18,21). The van der Waals surface area contributed by atoms with Gasteiger partial charge in [-0.3, -0.25) is 4.79 Å². The minimum atomic E-state index is -0.410. The second-order valence-electron chi connectivity index (χ2n) is 4.57. The quantitative estimate of drug-likeness (QED) is 0.596. The third-order valence-corrected chi connectivity index (χ3v) is 3.05. The van der Waals surface area contributed by atoms with E-state index in [1.807, 2.05) is 0 Å². The first kappa shape index (κ1) is 15.4. The average Bonchev–Trinajstić information content (AvgIpc) is 2.52. The summed E-state index contributed by atoms with van der Waals surface area (Å²) in [5.41, 5.74) is 3.71. The van der Waals surface area contributed by atoms with Crippen LogP contribution in [0.4, 0.5) is 0 Å². The molecular weight excluding hydrogens is 284 g/mol. The van der Waals surface area contributed by atoms with Gasteiger partial charge in [-0.15, -0.1) is 0 Å². The number of phenolic OH excluding ortho intramolecular Hbond substituents is 2. The van der Waals surface area contributed by atoms with Crippen molar-refractivity contribution in [3.63, 3.8) is 0 Å². The fraction of sp³-hybridized carbons (Fsp3) is 0.125. The highest BCUT2D eigenvalue weighted by Crippen LogP contribution is 2.23. The number of carbonyl (C=O) groups is 1. The molecule has 0 saturated heterocycles. The van der Waals surface area contributed by atoms with Gasteiger partial charge in [-0.2, -0.15) is 5.10 Å². The molecule has 2 aromatic rings. The number of hydrogen-bond acceptors (Lipinski definition) is 5. The molecule has 2 rings (SSSR count). The lowest BCUT2D eigenvalue weighted by Gasteiger charge is -2.07. The molecule has 0 aliphatic carbocycles. The molecule has 0 radical (unpaired) electrons. The minimum absolute atomic E-state index is 0.0134. The maximum atomic E-state index is 11.9. The van der Waals surface area contributed by atoms with Gasteiger partial charge in [0.25, 0.3) is 5.91 Å². The van der Waals surface area contributed by atoms with E-state index in [1.54, 1.807) is 19.1 Å². The van der Waals surface area contributed by atoms with E-state index >= 15 is 0 Å². The normalized spacial score (nSPS) is 11.1. The van der Waals surface area contributed by atoms with Gasteiger partial charge < -0.3 is 14.9 Å². The second kappa shape index (κ2) is 6.62. The van der Waals surface area contributed by atoms with E-state index in [1.165, 1.54) is 37.4 Å². The molecule has 0 bridgehead atoms. The Morgan fingerprint density at radius 3 is 2.41 bits per heavy atom. The summed E-state index contributed by atoms with van der Waals surface area (Å²) in [6, 6.07) is 10.6. The van der Waals surface area contributed by atoms with Crippen molar-refractivity contribution < 1.29 is 19.7 Å². The summed E-state index contributed by atoms with van der Waals surface area (Å²) in [7, 11) is 1.51. The molecule has 0 saturated carbocycles. The molecule has 0 spiro atoms. The lowest BCUT2D eigenvalue weighted by atomic mass is 10.1. The lowest BCUT2D eigenvalue weighted by Crippen LogP contribution is -2.19. The molecule has 0 heterocycles. The average molecular weight is 300 g/mol. The third kappa shape index (κ3) is 3.54. The number of benzene rings is 2. The molecular formula is C16H16N2O4. The number of hydrogen-bond donors (Lipinski definition) is 3. The minimum Gasteiger partial charge on any atom is -0.508 e. The van der Waals surface area contributed by atoms with Crippen LogP contribution in [-0.2, 0) is 0 Å². The predicted octanol–water partition coefficient (Wildman–Crippen LogP) is 2.26. The smallest absolute Gasteiger partial charge is 0.271 e. The van der Waals surface area contributed by atoms with Crippen LogP contribution in [0.5, 0.6) is 17.2 Å². The van der Waals surface area contributed by atoms with Gasteiger partial charge in [-0.1, -0.05) is 0 Å². The van der Waals surface area contributed by atoms with Crippen LogP contribution in [0.3, 0.4) is 0 Å². The number of nitrogens with one attached hydrogen (secondary N) is 1. The number of phenols is 2. The number of ether oxygens (including phenoxy) is 1. The number of aromatic hydroxyl groups is 2. The third-order valence-electron chi connectivity index (χ3n) is 3.05. The number of rotatable bonds is 4. The maximum Gasteiger partial charge on any atom is 0.271 e. The van der Waals surface area contributed by atoms with Crippen molar-refractivity contribution in [1.82, 2.24) is 5.43 Å². The predicted molar refractivity (Wildman–Crippen MR) is 82.4 cm³/mol. The largest absolute Gasteiger partial charge is 0.508 e. The van der Waals surface area contributed by atoms with E-state index in [2.05, 4.69) is 10.5 Å². The van der Waals surface area contributed by atoms with Gasteiger partial charge in [0.05, 0.1) is 12.8 Å². The number of hydrazone groups is 1. The fourth-order valence-electron chi connectivity index (χ4n) is 1.82. The SMILES string of the molecule is COc1ccc(C(C)=NNC(=O)c2ccc(O)cc2)c(O)c1. The zero-order chi connectivity index (χ0) is 16.1. The van der Waals surface area contributed by atoms with Gasteiger partial charge in [0.1, 0.15) is 17.2 Å². The first-order chi connectivity index (χ1) is 10.5. The van der Waals surface area contributed by atoms with Crippen LogP contribution in [-0.4, -0.2) is 28.9 Å². The van der Waals surface area contributed by atoms with Crippen LogP contribution in [0.15, 0.2) is 47.6 Å². The van der Waals surface area contributed by atoms with Crippen LogP contribution in [0.25, 0.3) is 0 Å². The Bertz CT molecular complexity index is 709. The number of amides is 1. The van der Waals surface area contributed by atoms with Crippen LogP contribution in [0.2, 0.25) is 0 Å². The van der Waals surface area contributed by atoms with Gasteiger partial charge in [0.15, 0.2) is 0 Å². The molecule has 0 aliphatic rings. The summed E-state index contributed by atoms with van der Waals surface area (Å²) < 4.78 is 5.01. The Balaban J connectivity index is 2.12. The van der Waals surface area contributed by atoms with Gasteiger partial charge in [0.2, 0.25) is 0 Å². The Hall–Kier alpha value is -3.02. The van der Waals surface area contributed by atoms with E-state index in [4.69, 9.17) is 4.74 Å². The fourth-order valence-corrected chi connectivity index (χ4v) is 1.82. The summed E-state index contributed by atoms with van der Waals surface area (Å²) in [6.07, 6.45) is 0. The van der Waals surface area contributed by atoms with Gasteiger partial charge in [-0.05, 0) is 43.3 Å². The van der Waals surface area contributed by atoms with Gasteiger partial charge >= 0.3 is 0 Å². The van der Waals surface area contributed by atoms with Crippen molar-refractivity contribution in [2.24, 2.45) is 5.10 Å². The van der Waals surface area contributed by atoms with Crippen LogP contribution in [0, 0.1) is 0 Å². The zero-order valence-corrected chi connectivity index (χ0v) is 12.2. The summed E-state index contributed by atoms with van der Waals surface area (Å²) in [6.45, 7) is 1.67. The van der Waals surface area contributed by atoms with E-state index in [9.17, 15) is 15.0 Å². The summed E-state index contributed by atoms with van der Waals surface area (Å²) in [5, 5.41) is 23.0. The van der Waals surface area contributed by atoms with Gasteiger partial charge in [-0.25, -0.2) is 5.43 Å². The van der Waals surface area contributed by atoms with E-state index in [0.717, 1.165) is 0 Å². The first-order valence-corrected chi connectivity index (χ1v) is 6.52. The molecule has 0 atom stereocenters. The molecule has 0 aromatic heterocycles. The number of methoxy groups -OCH3 is 1. The maximum absolute atomic E-state index is 11.9. The second-order valence-corrected chi connectivity index (χ2v) is 4.57. The molecule has 0 fully saturated rings. The number of carbonyl (C=O) groups excluding carboxylic acids is 1. The number of nitrogens with zero attached hydrogens (tertiary/aromatic N) is 1. The summed E-state index contributed by atoms with van der Waals surface area (Å²) in [5.74, 6) is 0.216. The van der Waals surface area contributed by atoms with Crippen molar-refractivity contribution in [3.8, 4) is 17.2 Å². The molecule has 1 amide bonds. The van der Waals surface area contributed by atoms with Crippen molar-refractivity contribution in [2.45, 2.75) is 6.92 Å². The van der Waals surface area contributed by atoms with Crippen LogP contribution in [0.1, 0.15) is 22.8 Å². The highest BCUT2D eigenvalue weighted by atomic mass is 16.5. The van der Waals surface area contributed by atoms with Crippen molar-refractivity contribution in [2.75, 3.05) is 7.11 Å². The lowest BCUT2D eigenvalue weighted by molar-refractivity contribution is 0.0955. The van der Waals surface area contributed by atoms with E-state index in [0.29, 0.717) is 22.6 Å². The summed E-state index contributed by atoms with van der Waals surface area (Å²) in [4.78, 5) is 11.9. The molecule has 114 valence electrons. The topological polar surface area (TPSA) is 91.2 Å². The monoisotopic (exact) mass is 300 g/mol. The van der Waals surface area contributed by atoms with Crippen molar-refractivity contribution in [3.05, 3.63) is 53.6 Å². The summed E-state index contributed by atoms with van der Waals surface area (Å²) >= 11 is 0. The molecule has 6 nitrogen and oxygen atoms in total. The first-order valence-electron chi connectivity index (χ1n) is 6.52. The van der Waals surface area contributed by atoms with E-state index in [-0.39, 0.29) is 11.5 Å².